The van der Waals surface area contributed by atoms with Crippen molar-refractivity contribution in [1.82, 2.24) is 19.9 Å². The van der Waals surface area contributed by atoms with Crippen LogP contribution in [0.2, 0.25) is 0 Å². The fraction of sp³-hybridized carbons (Fsp3) is 0. The number of benzene rings is 2. The minimum Gasteiger partial charge on any atom is -0.456 e. The zero-order chi connectivity index (χ0) is 27.8. The predicted octanol–water partition coefficient (Wildman–Crippen LogP) is 8.26. The normalized spacial score (nSPS) is 10.9. The standard InChI is InChI=1S/C34H18N6O/c1-36-26-13-25(19-38-20-26)32-7-3-5-30(40-32)23-9-11-34-28(15-23)27-14-22(8-10-33(27)41-34)29-4-2-6-31(39-29)24-12-21(16-35)17-37-18-24/h2-15,17-20H. The lowest BCUT2D eigenvalue weighted by Gasteiger charge is -2.06. The number of nitriles is 1. The van der Waals surface area contributed by atoms with Gasteiger partial charge in [-0.3, -0.25) is 9.97 Å². The molecule has 0 atom stereocenters. The average molecular weight is 527 g/mol. The minimum absolute atomic E-state index is 0.476. The molecule has 7 aromatic rings. The number of fused-ring (bicyclic) bond motifs is 3. The molecule has 5 heterocycles. The summed E-state index contributed by atoms with van der Waals surface area (Å²) in [5.41, 5.74) is 9.13. The van der Waals surface area contributed by atoms with Gasteiger partial charge in [0.25, 0.3) is 0 Å². The zero-order valence-electron chi connectivity index (χ0n) is 21.5. The first-order chi connectivity index (χ1) is 20.2. The number of hydrogen-bond acceptors (Lipinski definition) is 6. The van der Waals surface area contributed by atoms with Crippen LogP contribution in [0.1, 0.15) is 5.56 Å². The Hall–Kier alpha value is -6.18. The summed E-state index contributed by atoms with van der Waals surface area (Å²) >= 11 is 0. The van der Waals surface area contributed by atoms with Gasteiger partial charge in [0.2, 0.25) is 5.69 Å². The number of rotatable bonds is 4. The van der Waals surface area contributed by atoms with Crippen LogP contribution in [0.15, 0.2) is 114 Å². The second-order valence-electron chi connectivity index (χ2n) is 9.46. The monoisotopic (exact) mass is 526 g/mol. The maximum atomic E-state index is 9.25. The van der Waals surface area contributed by atoms with Gasteiger partial charge >= 0.3 is 0 Å². The maximum Gasteiger partial charge on any atom is 0.205 e. The quantitative estimate of drug-likeness (QED) is 0.214. The van der Waals surface area contributed by atoms with Gasteiger partial charge in [0.1, 0.15) is 17.2 Å². The molecule has 0 spiro atoms. The second kappa shape index (κ2) is 9.85. The third-order valence-corrected chi connectivity index (χ3v) is 6.87. The zero-order valence-corrected chi connectivity index (χ0v) is 21.5. The summed E-state index contributed by atoms with van der Waals surface area (Å²) in [7, 11) is 0. The van der Waals surface area contributed by atoms with Crippen molar-refractivity contribution < 1.29 is 4.42 Å². The Labute approximate surface area is 234 Å². The fourth-order valence-corrected chi connectivity index (χ4v) is 4.88. The van der Waals surface area contributed by atoms with Gasteiger partial charge in [0.15, 0.2) is 0 Å². The number of pyridine rings is 4. The number of hydrogen-bond donors (Lipinski definition) is 0. The van der Waals surface area contributed by atoms with Crippen LogP contribution >= 0.6 is 0 Å². The van der Waals surface area contributed by atoms with E-state index < -0.39 is 0 Å². The largest absolute Gasteiger partial charge is 0.456 e. The van der Waals surface area contributed by atoms with Gasteiger partial charge in [0, 0.05) is 57.8 Å². The third-order valence-electron chi connectivity index (χ3n) is 6.87. The first kappa shape index (κ1) is 23.9. The molecular formula is C34H18N6O. The molecule has 7 rings (SSSR count). The number of nitrogens with zero attached hydrogens (tertiary/aromatic N) is 6. The van der Waals surface area contributed by atoms with Gasteiger partial charge < -0.3 is 4.42 Å². The van der Waals surface area contributed by atoms with Crippen LogP contribution in [0.5, 0.6) is 0 Å². The molecule has 0 amide bonds. The lowest BCUT2D eigenvalue weighted by molar-refractivity contribution is 0.669. The van der Waals surface area contributed by atoms with Crippen molar-refractivity contribution in [3.63, 3.8) is 0 Å². The van der Waals surface area contributed by atoms with Gasteiger partial charge in [-0.1, -0.05) is 12.1 Å². The van der Waals surface area contributed by atoms with E-state index in [1.54, 1.807) is 30.7 Å². The molecule has 2 aromatic carbocycles. The maximum absolute atomic E-state index is 9.25. The first-order valence-electron chi connectivity index (χ1n) is 12.8. The van der Waals surface area contributed by atoms with E-state index in [2.05, 4.69) is 33.0 Å². The van der Waals surface area contributed by atoms with Crippen molar-refractivity contribution in [2.75, 3.05) is 0 Å². The Morgan fingerprint density at radius 3 is 1.71 bits per heavy atom. The van der Waals surface area contributed by atoms with E-state index in [0.717, 1.165) is 67.0 Å². The number of aromatic nitrogens is 4. The van der Waals surface area contributed by atoms with Gasteiger partial charge in [-0.05, 0) is 72.8 Å². The van der Waals surface area contributed by atoms with E-state index in [9.17, 15) is 5.26 Å². The molecule has 0 aliphatic heterocycles. The molecule has 0 aliphatic carbocycles. The summed E-state index contributed by atoms with van der Waals surface area (Å²) in [5.74, 6) is 0. The van der Waals surface area contributed by atoms with E-state index in [0.29, 0.717) is 11.3 Å². The Kier molecular flexibility index (Phi) is 5.74. The fourth-order valence-electron chi connectivity index (χ4n) is 4.88. The van der Waals surface area contributed by atoms with Crippen molar-refractivity contribution in [2.24, 2.45) is 0 Å². The van der Waals surface area contributed by atoms with E-state index >= 15 is 0 Å². The molecule has 190 valence electrons. The molecule has 0 saturated carbocycles. The summed E-state index contributed by atoms with van der Waals surface area (Å²) in [5, 5.41) is 11.2. The minimum atomic E-state index is 0.476. The molecule has 7 nitrogen and oxygen atoms in total. The molecule has 5 aromatic heterocycles. The average Bonchev–Trinajstić information content (AvgIpc) is 3.42. The molecule has 0 N–H and O–H groups in total. The Bertz CT molecular complexity index is 2050. The lowest BCUT2D eigenvalue weighted by Crippen LogP contribution is -1.89. The summed E-state index contributed by atoms with van der Waals surface area (Å²) in [4.78, 5) is 21.6. The molecule has 7 heteroatoms. The highest BCUT2D eigenvalue weighted by Gasteiger charge is 2.13. The second-order valence-corrected chi connectivity index (χ2v) is 9.46. The smallest absolute Gasteiger partial charge is 0.205 e. The van der Waals surface area contributed by atoms with Gasteiger partial charge in [-0.25, -0.2) is 14.8 Å². The van der Waals surface area contributed by atoms with Crippen molar-refractivity contribution in [3.8, 4) is 51.1 Å². The highest BCUT2D eigenvalue weighted by atomic mass is 16.3. The summed E-state index contributed by atoms with van der Waals surface area (Å²) < 4.78 is 6.16. The summed E-state index contributed by atoms with van der Waals surface area (Å²) in [6.07, 6.45) is 6.51. The van der Waals surface area contributed by atoms with E-state index in [1.807, 2.05) is 60.7 Å². The molecule has 0 aliphatic rings. The summed E-state index contributed by atoms with van der Waals surface area (Å²) in [6.45, 7) is 7.28. The van der Waals surface area contributed by atoms with Crippen molar-refractivity contribution >= 4 is 27.6 Å². The van der Waals surface area contributed by atoms with E-state index in [4.69, 9.17) is 21.0 Å². The highest BCUT2D eigenvalue weighted by molar-refractivity contribution is 6.07. The van der Waals surface area contributed by atoms with Crippen LogP contribution in [-0.4, -0.2) is 19.9 Å². The number of furan rings is 1. The van der Waals surface area contributed by atoms with Crippen molar-refractivity contribution in [3.05, 3.63) is 127 Å². The predicted molar refractivity (Wildman–Crippen MR) is 158 cm³/mol. The Morgan fingerprint density at radius 2 is 1.15 bits per heavy atom. The SMILES string of the molecule is [C-]#[N+]c1cncc(-c2cccc(-c3ccc4oc5ccc(-c6cccc(-c7cncc(C#N)c7)n6)cc5c4c3)n2)c1. The van der Waals surface area contributed by atoms with Crippen molar-refractivity contribution in [1.29, 1.82) is 5.26 Å². The van der Waals surface area contributed by atoms with Crippen LogP contribution in [-0.2, 0) is 0 Å². The van der Waals surface area contributed by atoms with Crippen LogP contribution < -0.4 is 0 Å². The van der Waals surface area contributed by atoms with E-state index in [-0.39, 0.29) is 0 Å². The van der Waals surface area contributed by atoms with Crippen LogP contribution in [0, 0.1) is 17.9 Å². The molecular weight excluding hydrogens is 508 g/mol. The van der Waals surface area contributed by atoms with Gasteiger partial charge in [-0.2, -0.15) is 5.26 Å². The Morgan fingerprint density at radius 1 is 0.610 bits per heavy atom. The van der Waals surface area contributed by atoms with Gasteiger partial charge in [-0.15, -0.1) is 0 Å². The molecule has 0 saturated heterocycles. The first-order valence-corrected chi connectivity index (χ1v) is 12.8. The lowest BCUT2D eigenvalue weighted by atomic mass is 10.0. The van der Waals surface area contributed by atoms with Crippen molar-refractivity contribution in [2.45, 2.75) is 0 Å². The Balaban J connectivity index is 1.29. The van der Waals surface area contributed by atoms with E-state index in [1.165, 1.54) is 6.20 Å². The molecule has 0 fully saturated rings. The van der Waals surface area contributed by atoms with Crippen LogP contribution in [0.3, 0.4) is 0 Å². The van der Waals surface area contributed by atoms with Crippen LogP contribution in [0.4, 0.5) is 5.69 Å². The highest BCUT2D eigenvalue weighted by Crippen LogP contribution is 2.35. The third kappa shape index (κ3) is 4.44. The topological polar surface area (TPSA) is 92.8 Å². The molecule has 0 bridgehead atoms. The van der Waals surface area contributed by atoms with Gasteiger partial charge in [0.05, 0.1) is 34.9 Å². The molecule has 0 unspecified atom stereocenters. The summed E-state index contributed by atoms with van der Waals surface area (Å²) in [6, 6.07) is 29.5. The van der Waals surface area contributed by atoms with Crippen LogP contribution in [0.25, 0.3) is 71.8 Å². The molecule has 41 heavy (non-hydrogen) atoms. The molecule has 0 radical (unpaired) electrons.